The van der Waals surface area contributed by atoms with Crippen LogP contribution in [-0.2, 0) is 42.4 Å². The van der Waals surface area contributed by atoms with Crippen molar-refractivity contribution < 1.29 is 43.4 Å². The molecule has 0 radical (unpaired) electrons. The highest BCUT2D eigenvalue weighted by Crippen LogP contribution is 2.66. The molecule has 0 bridgehead atoms. The van der Waals surface area contributed by atoms with Crippen LogP contribution in [0.15, 0.2) is 176 Å². The fourth-order valence-electron chi connectivity index (χ4n) is 11.2. The molecular weight excluding hydrogens is 1010 g/mol. The first-order valence-corrected chi connectivity index (χ1v) is 25.7. The Morgan fingerprint density at radius 3 is 2.28 bits per heavy atom. The molecule has 386 valence electrons. The van der Waals surface area contributed by atoms with Crippen LogP contribution in [-0.4, -0.2) is 78.0 Å². The number of ether oxygens (including phenoxy) is 3. The molecule has 1 spiro atoms. The predicted molar refractivity (Wildman–Crippen MR) is 287 cm³/mol. The van der Waals surface area contributed by atoms with Crippen LogP contribution in [0.4, 0.5) is 21.3 Å². The molecule has 6 atom stereocenters. The summed E-state index contributed by atoms with van der Waals surface area (Å²) in [7, 11) is 0. The molecule has 2 fully saturated rings. The summed E-state index contributed by atoms with van der Waals surface area (Å²) in [4.78, 5) is 82.1. The van der Waals surface area contributed by atoms with Crippen molar-refractivity contribution in [3.05, 3.63) is 219 Å². The first-order chi connectivity index (χ1) is 38.1. The summed E-state index contributed by atoms with van der Waals surface area (Å²) in [5.74, 6) is 2.58. The van der Waals surface area contributed by atoms with Gasteiger partial charge >= 0.3 is 12.1 Å². The van der Waals surface area contributed by atoms with E-state index in [1.807, 2.05) is 108 Å². The second-order valence-electron chi connectivity index (χ2n) is 18.8. The second-order valence-corrected chi connectivity index (χ2v) is 19.8. The van der Waals surface area contributed by atoms with E-state index >= 15 is 19.2 Å². The number of aliphatic hydroxyl groups is 1. The SMILES string of the molecule is O=C1O[C@@H](c2ccccc2)[C@@H](c2ccccc2)N2[C@@H](c3cccc(OCCO)c3)[C@]3(C(=O)N(C(=O)OCc4ccc([N+](=O)[O-])cc4)c4ccc(C#CCn5nnc6ccccc65)cc43)[C@@H](C(=O)Nc3nc4ccccc4s3)[C@H]12. The third-order valence-electron chi connectivity index (χ3n) is 14.4. The molecule has 2 saturated heterocycles. The molecule has 78 heavy (non-hydrogen) atoms. The number of nitrogens with one attached hydrogen (secondary N) is 1. The van der Waals surface area contributed by atoms with E-state index in [1.54, 1.807) is 53.2 Å². The number of rotatable bonds is 12. The number of hydrogen-bond donors (Lipinski definition) is 2. The van der Waals surface area contributed by atoms with Gasteiger partial charge in [-0.3, -0.25) is 29.4 Å². The highest BCUT2D eigenvalue weighted by Gasteiger charge is 2.76. The maximum absolute atomic E-state index is 16.8. The lowest BCUT2D eigenvalue weighted by atomic mass is 9.65. The van der Waals surface area contributed by atoms with E-state index in [9.17, 15) is 15.2 Å². The molecule has 18 nitrogen and oxygen atoms in total. The third-order valence-corrected chi connectivity index (χ3v) is 15.3. The van der Waals surface area contributed by atoms with Crippen molar-refractivity contribution in [2.75, 3.05) is 23.4 Å². The van der Waals surface area contributed by atoms with Crippen molar-refractivity contribution in [3.8, 4) is 17.6 Å². The summed E-state index contributed by atoms with van der Waals surface area (Å²) in [6, 6.07) is 46.9. The molecule has 5 heterocycles. The van der Waals surface area contributed by atoms with Crippen molar-refractivity contribution in [2.45, 2.75) is 42.8 Å². The Hall–Kier alpha value is -9.61. The molecule has 0 aliphatic carbocycles. The normalized spacial score (nSPS) is 20.4. The number of cyclic esters (lactones) is 1. The lowest BCUT2D eigenvalue weighted by Crippen LogP contribution is -2.54. The Bertz CT molecular complexity index is 3850. The monoisotopic (exact) mass is 1060 g/mol. The van der Waals surface area contributed by atoms with E-state index in [0.29, 0.717) is 44.6 Å². The number of anilines is 2. The third kappa shape index (κ3) is 8.63. The van der Waals surface area contributed by atoms with Crippen LogP contribution >= 0.6 is 11.3 Å². The van der Waals surface area contributed by atoms with Gasteiger partial charge in [-0.05, 0) is 94.5 Å². The predicted octanol–water partition coefficient (Wildman–Crippen LogP) is 9.01. The van der Waals surface area contributed by atoms with Crippen molar-refractivity contribution >= 4 is 73.0 Å². The number of carbonyl (C=O) groups excluding carboxylic acids is 4. The number of nitrogens with zero attached hydrogens (tertiary/aromatic N) is 7. The van der Waals surface area contributed by atoms with Crippen LogP contribution in [0.2, 0.25) is 0 Å². The number of aliphatic hydroxyl groups excluding tert-OH is 1. The van der Waals surface area contributed by atoms with Gasteiger partial charge in [-0.2, -0.15) is 0 Å². The highest BCUT2D eigenvalue weighted by atomic mass is 32.1. The number of aromatic nitrogens is 4. The number of esters is 1. The number of imide groups is 1. The molecule has 2 N–H and O–H groups in total. The van der Waals surface area contributed by atoms with Crippen molar-refractivity contribution in [1.82, 2.24) is 24.9 Å². The van der Waals surface area contributed by atoms with E-state index < -0.39 is 71.0 Å². The van der Waals surface area contributed by atoms with Crippen LogP contribution in [0, 0.1) is 27.9 Å². The number of fused-ring (bicyclic) bond motifs is 5. The number of para-hydroxylation sites is 2. The van der Waals surface area contributed by atoms with E-state index in [0.717, 1.165) is 15.1 Å². The summed E-state index contributed by atoms with van der Waals surface area (Å²) in [5.41, 5.74) is 2.45. The van der Waals surface area contributed by atoms with E-state index in [2.05, 4.69) is 27.5 Å². The molecule has 3 aliphatic heterocycles. The largest absolute Gasteiger partial charge is 0.491 e. The molecule has 9 aromatic rings. The van der Waals surface area contributed by atoms with Gasteiger partial charge in [0.25, 0.3) is 5.69 Å². The number of morpholine rings is 1. The summed E-state index contributed by atoms with van der Waals surface area (Å²) in [6.07, 6.45) is -2.12. The molecular formula is C59H44N8O10S. The maximum atomic E-state index is 16.8. The molecule has 3 amide bonds. The van der Waals surface area contributed by atoms with Gasteiger partial charge in [-0.1, -0.05) is 125 Å². The van der Waals surface area contributed by atoms with Crippen molar-refractivity contribution in [2.24, 2.45) is 5.92 Å². The lowest BCUT2D eigenvalue weighted by Gasteiger charge is -2.46. The minimum atomic E-state index is -2.21. The van der Waals surface area contributed by atoms with Gasteiger partial charge in [0.2, 0.25) is 11.8 Å². The van der Waals surface area contributed by atoms with E-state index in [4.69, 9.17) is 19.2 Å². The number of non-ortho nitro benzene ring substituents is 1. The molecule has 0 unspecified atom stereocenters. The maximum Gasteiger partial charge on any atom is 0.421 e. The van der Waals surface area contributed by atoms with Gasteiger partial charge in [0.1, 0.15) is 48.6 Å². The number of benzene rings is 7. The first kappa shape index (κ1) is 49.3. The summed E-state index contributed by atoms with van der Waals surface area (Å²) in [6.45, 7) is -0.647. The van der Waals surface area contributed by atoms with Gasteiger partial charge in [0, 0.05) is 17.7 Å². The summed E-state index contributed by atoms with van der Waals surface area (Å²) in [5, 5.41) is 33.2. The molecule has 0 saturated carbocycles. The standard InChI is InChI=1S/C59H44N8O10S/c68-31-32-75-42-19-11-18-40(34-42)53-59(49(54(69)61-57-60-45-21-8-10-23-48(45)78-57)51-55(70)77-52(39-16-5-2-6-17-39)50(66(51)53)38-14-3-1-4-15-38)43-33-36(13-12-30-64-47-22-9-7-20-44(47)62-63-64)26-29-46(43)65(56(59)71)58(72)76-35-37-24-27-41(28-25-37)67(73)74/h1-11,14-29,33-34,49-53,68H,30-32,35H2,(H,60,61,69)/t49-,50-,51-,52+,53+,59-/m1/s1. The Morgan fingerprint density at radius 2 is 1.53 bits per heavy atom. The quantitative estimate of drug-likeness (QED) is 0.0505. The Balaban J connectivity index is 1.10. The molecule has 19 heteroatoms. The van der Waals surface area contributed by atoms with Crippen molar-refractivity contribution in [3.63, 3.8) is 0 Å². The topological polar surface area (TPSA) is 221 Å². The van der Waals surface area contributed by atoms with Crippen LogP contribution in [0.1, 0.15) is 51.6 Å². The molecule has 2 aromatic heterocycles. The average Bonchev–Trinajstić information content (AvgIpc) is 4.07. The van der Waals surface area contributed by atoms with Crippen molar-refractivity contribution in [1.29, 1.82) is 0 Å². The number of amides is 3. The number of nitro groups is 1. The van der Waals surface area contributed by atoms with Gasteiger partial charge in [-0.25, -0.2) is 19.4 Å². The van der Waals surface area contributed by atoms with Crippen LogP contribution < -0.4 is 15.0 Å². The molecule has 12 rings (SSSR count). The first-order valence-electron chi connectivity index (χ1n) is 24.9. The van der Waals surface area contributed by atoms with E-state index in [-0.39, 0.29) is 41.8 Å². The summed E-state index contributed by atoms with van der Waals surface area (Å²) < 4.78 is 21.0. The van der Waals surface area contributed by atoms with Crippen LogP contribution in [0.5, 0.6) is 5.75 Å². The second kappa shape index (κ2) is 20.5. The Kier molecular flexibility index (Phi) is 12.9. The number of thiazole rings is 1. The zero-order valence-corrected chi connectivity index (χ0v) is 41.9. The Morgan fingerprint density at radius 1 is 0.808 bits per heavy atom. The average molecular weight is 1060 g/mol. The Labute approximate surface area is 448 Å². The van der Waals surface area contributed by atoms with Crippen LogP contribution in [0.25, 0.3) is 21.3 Å². The van der Waals surface area contributed by atoms with Gasteiger partial charge < -0.3 is 24.6 Å². The van der Waals surface area contributed by atoms with Gasteiger partial charge in [0.05, 0.1) is 51.0 Å². The number of carbonyl (C=O) groups is 4. The molecule has 7 aromatic carbocycles. The van der Waals surface area contributed by atoms with Gasteiger partial charge in [-0.15, -0.1) is 5.10 Å². The summed E-state index contributed by atoms with van der Waals surface area (Å²) >= 11 is 1.21. The lowest BCUT2D eigenvalue weighted by molar-refractivity contribution is -0.384. The van der Waals surface area contributed by atoms with Gasteiger partial charge in [0.15, 0.2) is 5.13 Å². The highest BCUT2D eigenvalue weighted by molar-refractivity contribution is 7.22. The number of hydrogen-bond acceptors (Lipinski definition) is 15. The van der Waals surface area contributed by atoms with E-state index in [1.165, 1.54) is 35.6 Å². The zero-order valence-electron chi connectivity index (χ0n) is 41.1. The smallest absolute Gasteiger partial charge is 0.421 e. The minimum Gasteiger partial charge on any atom is -0.491 e. The fraction of sp³-hybridized carbons (Fsp3) is 0.169. The number of nitro benzene ring substituents is 1. The minimum absolute atomic E-state index is 0.0566. The zero-order chi connectivity index (χ0) is 53.5. The van der Waals surface area contributed by atoms with Crippen LogP contribution in [0.3, 0.4) is 0 Å². The molecule has 3 aliphatic rings. The fourth-order valence-corrected chi connectivity index (χ4v) is 12.1.